The molecule has 1 unspecified atom stereocenters. The summed E-state index contributed by atoms with van der Waals surface area (Å²) in [6, 6.07) is 8.45. The Hall–Kier alpha value is -1.08. The number of anilines is 1. The van der Waals surface area contributed by atoms with Gasteiger partial charge >= 0.3 is 0 Å². The van der Waals surface area contributed by atoms with Crippen LogP contribution >= 0.6 is 0 Å². The van der Waals surface area contributed by atoms with Crippen LogP contribution in [-0.4, -0.2) is 33.6 Å². The lowest BCUT2D eigenvalue weighted by molar-refractivity contribution is 0.587. The number of hydrogen-bond acceptors (Lipinski definition) is 4. The first-order chi connectivity index (χ1) is 7.89. The molecular formula is C10H13NO4S2. The summed E-state index contributed by atoms with van der Waals surface area (Å²) in [5.41, 5.74) is 0.455. The normalized spacial score (nSPS) is 23.4. The summed E-state index contributed by atoms with van der Waals surface area (Å²) in [5.74, 6) is -0.331. The number of rotatable bonds is 3. The molecule has 1 aliphatic rings. The van der Waals surface area contributed by atoms with Gasteiger partial charge in [-0.15, -0.1) is 0 Å². The molecule has 17 heavy (non-hydrogen) atoms. The molecule has 5 nitrogen and oxygen atoms in total. The van der Waals surface area contributed by atoms with Crippen molar-refractivity contribution in [1.29, 1.82) is 0 Å². The Morgan fingerprint density at radius 3 is 2.35 bits per heavy atom. The molecule has 1 saturated heterocycles. The zero-order valence-corrected chi connectivity index (χ0v) is 10.7. The Kier molecular flexibility index (Phi) is 3.13. The van der Waals surface area contributed by atoms with Gasteiger partial charge in [-0.05, 0) is 18.6 Å². The van der Waals surface area contributed by atoms with Gasteiger partial charge in [-0.25, -0.2) is 16.8 Å². The van der Waals surface area contributed by atoms with Crippen LogP contribution in [0.25, 0.3) is 0 Å². The molecule has 94 valence electrons. The number of hydrogen-bond donors (Lipinski definition) is 1. The largest absolute Gasteiger partial charge is 0.283 e. The Morgan fingerprint density at radius 2 is 1.82 bits per heavy atom. The van der Waals surface area contributed by atoms with E-state index in [-0.39, 0.29) is 17.9 Å². The van der Waals surface area contributed by atoms with Gasteiger partial charge in [0.05, 0.1) is 16.8 Å². The van der Waals surface area contributed by atoms with Crippen molar-refractivity contribution >= 4 is 25.5 Å². The van der Waals surface area contributed by atoms with E-state index in [0.717, 1.165) is 0 Å². The second-order valence-corrected chi connectivity index (χ2v) is 8.23. The quantitative estimate of drug-likeness (QED) is 0.876. The third kappa shape index (κ3) is 2.98. The molecule has 0 saturated carbocycles. The van der Waals surface area contributed by atoms with Crippen LogP contribution in [-0.2, 0) is 19.9 Å². The average Bonchev–Trinajstić information content (AvgIpc) is 2.60. The van der Waals surface area contributed by atoms with Crippen LogP contribution < -0.4 is 4.72 Å². The fourth-order valence-corrected chi connectivity index (χ4v) is 5.85. The molecule has 1 heterocycles. The third-order valence-electron chi connectivity index (χ3n) is 2.66. The highest BCUT2D eigenvalue weighted by Crippen LogP contribution is 2.21. The van der Waals surface area contributed by atoms with Gasteiger partial charge in [0.2, 0.25) is 10.0 Å². The number of benzene rings is 1. The summed E-state index contributed by atoms with van der Waals surface area (Å²) in [7, 11) is -6.80. The Bertz CT molecular complexity index is 592. The fraction of sp³-hybridized carbons (Fsp3) is 0.400. The maximum atomic E-state index is 11.9. The predicted octanol–water partition coefficient (Wildman–Crippen LogP) is 0.615. The maximum absolute atomic E-state index is 11.9. The van der Waals surface area contributed by atoms with E-state index < -0.39 is 25.1 Å². The van der Waals surface area contributed by atoms with E-state index in [0.29, 0.717) is 5.69 Å². The van der Waals surface area contributed by atoms with Crippen LogP contribution in [0.15, 0.2) is 30.3 Å². The van der Waals surface area contributed by atoms with Crippen LogP contribution in [0.4, 0.5) is 5.69 Å². The van der Waals surface area contributed by atoms with Crippen molar-refractivity contribution in [2.45, 2.75) is 11.7 Å². The fourth-order valence-electron chi connectivity index (χ4n) is 1.76. The molecule has 0 radical (unpaired) electrons. The number of sulfonamides is 1. The molecule has 7 heteroatoms. The molecule has 0 aromatic heterocycles. The molecule has 1 N–H and O–H groups in total. The van der Waals surface area contributed by atoms with Gasteiger partial charge in [0, 0.05) is 5.69 Å². The van der Waals surface area contributed by atoms with E-state index in [1.807, 2.05) is 0 Å². The van der Waals surface area contributed by atoms with Crippen LogP contribution in [0.5, 0.6) is 0 Å². The first-order valence-electron chi connectivity index (χ1n) is 5.16. The van der Waals surface area contributed by atoms with Crippen LogP contribution in [0.3, 0.4) is 0 Å². The van der Waals surface area contributed by atoms with Crippen LogP contribution in [0, 0.1) is 0 Å². The SMILES string of the molecule is O=S1(=O)CCC(S(=O)(=O)Nc2ccccc2)C1. The molecule has 1 aromatic carbocycles. The molecule has 0 spiro atoms. The van der Waals surface area contributed by atoms with Crippen molar-refractivity contribution in [3.8, 4) is 0 Å². The molecule has 1 fully saturated rings. The maximum Gasteiger partial charge on any atom is 0.236 e. The minimum atomic E-state index is -3.61. The van der Waals surface area contributed by atoms with Gasteiger partial charge in [0.1, 0.15) is 0 Å². The Labute approximate surface area is 101 Å². The topological polar surface area (TPSA) is 80.3 Å². The van der Waals surface area contributed by atoms with E-state index in [1.165, 1.54) is 0 Å². The first kappa shape index (κ1) is 12.4. The van der Waals surface area contributed by atoms with Gasteiger partial charge in [-0.2, -0.15) is 0 Å². The third-order valence-corrected chi connectivity index (χ3v) is 6.44. The highest BCUT2D eigenvalue weighted by Gasteiger charge is 2.37. The lowest BCUT2D eigenvalue weighted by atomic mass is 10.3. The molecule has 2 rings (SSSR count). The molecule has 1 atom stereocenters. The van der Waals surface area contributed by atoms with Gasteiger partial charge in [-0.1, -0.05) is 18.2 Å². The van der Waals surface area contributed by atoms with Crippen molar-refractivity contribution in [1.82, 2.24) is 0 Å². The molecular weight excluding hydrogens is 262 g/mol. The van der Waals surface area contributed by atoms with Crippen molar-refractivity contribution in [2.24, 2.45) is 0 Å². The smallest absolute Gasteiger partial charge is 0.236 e. The predicted molar refractivity (Wildman–Crippen MR) is 66.0 cm³/mol. The molecule has 0 aliphatic carbocycles. The minimum absolute atomic E-state index is 0.0482. The van der Waals surface area contributed by atoms with E-state index >= 15 is 0 Å². The van der Waals surface area contributed by atoms with E-state index in [4.69, 9.17) is 0 Å². The Morgan fingerprint density at radius 1 is 1.18 bits per heavy atom. The van der Waals surface area contributed by atoms with E-state index in [1.54, 1.807) is 30.3 Å². The lowest BCUT2D eigenvalue weighted by Gasteiger charge is -2.12. The summed E-state index contributed by atoms with van der Waals surface area (Å²) in [6.07, 6.45) is 0.171. The second-order valence-electron chi connectivity index (χ2n) is 4.04. The van der Waals surface area contributed by atoms with Gasteiger partial charge in [0.15, 0.2) is 9.84 Å². The summed E-state index contributed by atoms with van der Waals surface area (Å²) >= 11 is 0. The van der Waals surface area contributed by atoms with Crippen molar-refractivity contribution < 1.29 is 16.8 Å². The average molecular weight is 275 g/mol. The summed E-state index contributed by atoms with van der Waals surface area (Å²) in [4.78, 5) is 0. The van der Waals surface area contributed by atoms with Gasteiger partial charge in [0.25, 0.3) is 0 Å². The highest BCUT2D eigenvalue weighted by molar-refractivity contribution is 7.97. The van der Waals surface area contributed by atoms with Gasteiger partial charge < -0.3 is 0 Å². The minimum Gasteiger partial charge on any atom is -0.283 e. The monoisotopic (exact) mass is 275 g/mol. The zero-order valence-electron chi connectivity index (χ0n) is 9.03. The van der Waals surface area contributed by atoms with E-state index in [9.17, 15) is 16.8 Å². The molecule has 0 bridgehead atoms. The van der Waals surface area contributed by atoms with Crippen molar-refractivity contribution in [3.05, 3.63) is 30.3 Å². The number of nitrogens with one attached hydrogen (secondary N) is 1. The summed E-state index contributed by atoms with van der Waals surface area (Å²) < 4.78 is 48.7. The highest BCUT2D eigenvalue weighted by atomic mass is 32.2. The molecule has 1 aliphatic heterocycles. The van der Waals surface area contributed by atoms with Crippen LogP contribution in [0.1, 0.15) is 6.42 Å². The lowest BCUT2D eigenvalue weighted by Crippen LogP contribution is -2.28. The number of para-hydroxylation sites is 1. The van der Waals surface area contributed by atoms with Gasteiger partial charge in [-0.3, -0.25) is 4.72 Å². The molecule has 1 aromatic rings. The van der Waals surface area contributed by atoms with Crippen molar-refractivity contribution in [2.75, 3.05) is 16.2 Å². The first-order valence-corrected chi connectivity index (χ1v) is 8.53. The van der Waals surface area contributed by atoms with Crippen LogP contribution in [0.2, 0.25) is 0 Å². The second kappa shape index (κ2) is 4.30. The summed E-state index contributed by atoms with van der Waals surface area (Å²) in [5, 5.41) is -0.840. The van der Waals surface area contributed by atoms with Crippen molar-refractivity contribution in [3.63, 3.8) is 0 Å². The molecule has 0 amide bonds. The van der Waals surface area contributed by atoms with E-state index in [2.05, 4.69) is 4.72 Å². The summed E-state index contributed by atoms with van der Waals surface area (Å²) in [6.45, 7) is 0. The Balaban J connectivity index is 2.16. The zero-order chi connectivity index (χ0) is 12.5. The number of sulfone groups is 1. The standard InChI is InChI=1S/C10H13NO4S2/c12-16(13)7-6-10(8-16)17(14,15)11-9-4-2-1-3-5-9/h1-5,10-11H,6-8H2.